The molecule has 0 fully saturated rings. The smallest absolute Gasteiger partial charge is 0.347 e. The van der Waals surface area contributed by atoms with Gasteiger partial charge >= 0.3 is 5.97 Å². The standard InChI is InChI=1S/C12H19NO5S2/c1-9-8-19-10(12(14)15)11(9)20(16,17)13-6-4-3-5-7-18-2/h8,13H,3-7H2,1-2H3,(H,14,15). The predicted octanol–water partition coefficient (Wildman–Crippen LogP) is 1.85. The van der Waals surface area contributed by atoms with Crippen molar-refractivity contribution < 1.29 is 23.1 Å². The lowest BCUT2D eigenvalue weighted by Gasteiger charge is -2.07. The molecule has 1 aromatic heterocycles. The number of ether oxygens (including phenoxy) is 1. The van der Waals surface area contributed by atoms with E-state index in [-0.39, 0.29) is 9.77 Å². The van der Waals surface area contributed by atoms with E-state index < -0.39 is 16.0 Å². The van der Waals surface area contributed by atoms with Gasteiger partial charge in [0.25, 0.3) is 0 Å². The number of hydrogen-bond donors (Lipinski definition) is 2. The summed E-state index contributed by atoms with van der Waals surface area (Å²) in [6.07, 6.45) is 2.41. The maximum absolute atomic E-state index is 12.1. The molecule has 0 unspecified atom stereocenters. The van der Waals surface area contributed by atoms with Gasteiger partial charge in [0.1, 0.15) is 9.77 Å². The maximum atomic E-state index is 12.1. The number of rotatable bonds is 9. The van der Waals surface area contributed by atoms with Crippen molar-refractivity contribution in [1.29, 1.82) is 0 Å². The maximum Gasteiger partial charge on any atom is 0.347 e. The van der Waals surface area contributed by atoms with Gasteiger partial charge in [0.05, 0.1) is 0 Å². The van der Waals surface area contributed by atoms with E-state index in [2.05, 4.69) is 4.72 Å². The monoisotopic (exact) mass is 321 g/mol. The van der Waals surface area contributed by atoms with Crippen LogP contribution in [0, 0.1) is 6.92 Å². The Morgan fingerprint density at radius 2 is 2.10 bits per heavy atom. The van der Waals surface area contributed by atoms with Crippen LogP contribution in [0.4, 0.5) is 0 Å². The number of methoxy groups -OCH3 is 1. The Labute approximate surface area is 122 Å². The zero-order valence-electron chi connectivity index (χ0n) is 11.5. The largest absolute Gasteiger partial charge is 0.477 e. The normalized spacial score (nSPS) is 11.7. The Morgan fingerprint density at radius 1 is 1.40 bits per heavy atom. The van der Waals surface area contributed by atoms with E-state index in [0.717, 1.165) is 24.2 Å². The Balaban J connectivity index is 2.65. The molecule has 0 aromatic carbocycles. The first-order valence-electron chi connectivity index (χ1n) is 6.20. The van der Waals surface area contributed by atoms with E-state index in [1.165, 1.54) is 5.38 Å². The van der Waals surface area contributed by atoms with Crippen LogP contribution >= 0.6 is 11.3 Å². The number of unbranched alkanes of at least 4 members (excludes halogenated alkanes) is 2. The average molecular weight is 321 g/mol. The van der Waals surface area contributed by atoms with Crippen LogP contribution < -0.4 is 4.72 Å². The highest BCUT2D eigenvalue weighted by Crippen LogP contribution is 2.26. The number of aromatic carboxylic acids is 1. The molecule has 1 aromatic rings. The van der Waals surface area contributed by atoms with Gasteiger partial charge < -0.3 is 9.84 Å². The molecule has 0 bridgehead atoms. The molecule has 0 spiro atoms. The van der Waals surface area contributed by atoms with Crippen LogP contribution in [0.1, 0.15) is 34.5 Å². The highest BCUT2D eigenvalue weighted by atomic mass is 32.2. The minimum Gasteiger partial charge on any atom is -0.477 e. The molecular weight excluding hydrogens is 302 g/mol. The van der Waals surface area contributed by atoms with Gasteiger partial charge in [-0.3, -0.25) is 0 Å². The molecule has 0 saturated heterocycles. The molecule has 2 N–H and O–H groups in total. The number of carboxylic acid groups (broad SMARTS) is 1. The van der Waals surface area contributed by atoms with Gasteiger partial charge in [-0.25, -0.2) is 17.9 Å². The Morgan fingerprint density at radius 3 is 2.70 bits per heavy atom. The van der Waals surface area contributed by atoms with Crippen molar-refractivity contribution in [3.8, 4) is 0 Å². The Bertz CT molecular complexity index is 550. The summed E-state index contributed by atoms with van der Waals surface area (Å²) in [5.74, 6) is -1.22. The zero-order chi connectivity index (χ0) is 15.2. The van der Waals surface area contributed by atoms with E-state index in [1.54, 1.807) is 14.0 Å². The topological polar surface area (TPSA) is 92.7 Å². The van der Waals surface area contributed by atoms with E-state index in [9.17, 15) is 13.2 Å². The molecule has 0 radical (unpaired) electrons. The fourth-order valence-electron chi connectivity index (χ4n) is 1.74. The molecule has 0 aliphatic heterocycles. The quantitative estimate of drug-likeness (QED) is 0.677. The molecule has 0 aliphatic carbocycles. The average Bonchev–Trinajstić information content (AvgIpc) is 2.76. The number of nitrogens with one attached hydrogen (secondary N) is 1. The minimum atomic E-state index is -3.77. The van der Waals surface area contributed by atoms with Crippen molar-refractivity contribution in [3.63, 3.8) is 0 Å². The van der Waals surface area contributed by atoms with E-state index in [1.807, 2.05) is 0 Å². The predicted molar refractivity (Wildman–Crippen MR) is 76.9 cm³/mol. The van der Waals surface area contributed by atoms with Crippen LogP contribution in [0.25, 0.3) is 0 Å². The van der Waals surface area contributed by atoms with E-state index >= 15 is 0 Å². The zero-order valence-corrected chi connectivity index (χ0v) is 13.1. The summed E-state index contributed by atoms with van der Waals surface area (Å²) in [6.45, 7) is 2.54. The Kier molecular flexibility index (Phi) is 6.60. The van der Waals surface area contributed by atoms with Gasteiger partial charge in [-0.05, 0) is 37.1 Å². The van der Waals surface area contributed by atoms with Crippen LogP contribution in [0.3, 0.4) is 0 Å². The highest BCUT2D eigenvalue weighted by molar-refractivity contribution is 7.89. The number of thiophene rings is 1. The van der Waals surface area contributed by atoms with Crippen molar-refractivity contribution in [3.05, 3.63) is 15.8 Å². The molecular formula is C12H19NO5S2. The van der Waals surface area contributed by atoms with Crippen molar-refractivity contribution in [2.24, 2.45) is 0 Å². The first-order valence-corrected chi connectivity index (χ1v) is 8.56. The molecule has 1 rings (SSSR count). The van der Waals surface area contributed by atoms with Crippen molar-refractivity contribution in [2.75, 3.05) is 20.3 Å². The number of carbonyl (C=O) groups is 1. The molecule has 0 aliphatic rings. The summed E-state index contributed by atoms with van der Waals surface area (Å²) >= 11 is 0.926. The molecule has 20 heavy (non-hydrogen) atoms. The second-order valence-electron chi connectivity index (χ2n) is 4.33. The molecule has 0 saturated carbocycles. The SMILES string of the molecule is COCCCCCNS(=O)(=O)c1c(C)csc1C(=O)O. The fourth-order valence-corrected chi connectivity index (χ4v) is 4.44. The third-order valence-electron chi connectivity index (χ3n) is 2.70. The van der Waals surface area contributed by atoms with Crippen LogP contribution in [0.5, 0.6) is 0 Å². The van der Waals surface area contributed by atoms with E-state index in [0.29, 0.717) is 25.1 Å². The van der Waals surface area contributed by atoms with Gasteiger partial charge in [-0.2, -0.15) is 0 Å². The van der Waals surface area contributed by atoms with Gasteiger partial charge in [-0.1, -0.05) is 0 Å². The number of hydrogen-bond acceptors (Lipinski definition) is 5. The van der Waals surface area contributed by atoms with E-state index in [4.69, 9.17) is 9.84 Å². The first kappa shape index (κ1) is 17.1. The Hall–Kier alpha value is -0.960. The van der Waals surface area contributed by atoms with Crippen LogP contribution in [-0.2, 0) is 14.8 Å². The van der Waals surface area contributed by atoms with Gasteiger partial charge in [0, 0.05) is 20.3 Å². The molecule has 0 amide bonds. The molecule has 1 heterocycles. The lowest BCUT2D eigenvalue weighted by molar-refractivity contribution is 0.0698. The summed E-state index contributed by atoms with van der Waals surface area (Å²) in [4.78, 5) is 10.8. The summed E-state index contributed by atoms with van der Waals surface area (Å²) in [5, 5.41) is 10.6. The van der Waals surface area contributed by atoms with Crippen LogP contribution in [-0.4, -0.2) is 39.8 Å². The van der Waals surface area contributed by atoms with Gasteiger partial charge in [0.15, 0.2) is 0 Å². The molecule has 6 nitrogen and oxygen atoms in total. The van der Waals surface area contributed by atoms with Crippen LogP contribution in [0.15, 0.2) is 10.3 Å². The summed E-state index contributed by atoms with van der Waals surface area (Å²) < 4.78 is 31.6. The van der Waals surface area contributed by atoms with Crippen molar-refractivity contribution >= 4 is 27.3 Å². The fraction of sp³-hybridized carbons (Fsp3) is 0.583. The minimum absolute atomic E-state index is 0.119. The van der Waals surface area contributed by atoms with Gasteiger partial charge in [0.2, 0.25) is 10.0 Å². The number of aryl methyl sites for hydroxylation is 1. The number of sulfonamides is 1. The lowest BCUT2D eigenvalue weighted by Crippen LogP contribution is -2.26. The third-order valence-corrected chi connectivity index (χ3v) is 5.56. The third kappa shape index (κ3) is 4.55. The summed E-state index contributed by atoms with van der Waals surface area (Å²) in [5.41, 5.74) is 0.458. The van der Waals surface area contributed by atoms with Crippen LogP contribution in [0.2, 0.25) is 0 Å². The van der Waals surface area contributed by atoms with Crippen molar-refractivity contribution in [1.82, 2.24) is 4.72 Å². The molecule has 114 valence electrons. The number of carboxylic acids is 1. The first-order chi connectivity index (χ1) is 9.40. The van der Waals surface area contributed by atoms with Crippen molar-refractivity contribution in [2.45, 2.75) is 31.1 Å². The second-order valence-corrected chi connectivity index (χ2v) is 6.92. The summed E-state index contributed by atoms with van der Waals surface area (Å²) in [7, 11) is -2.15. The molecule has 0 atom stereocenters. The second kappa shape index (κ2) is 7.72. The summed E-state index contributed by atoms with van der Waals surface area (Å²) in [6, 6.07) is 0. The highest BCUT2D eigenvalue weighted by Gasteiger charge is 2.26. The van der Waals surface area contributed by atoms with Gasteiger partial charge in [-0.15, -0.1) is 11.3 Å². The lowest BCUT2D eigenvalue weighted by atomic mass is 10.2. The molecule has 8 heteroatoms.